The van der Waals surface area contributed by atoms with Gasteiger partial charge in [-0.1, -0.05) is 44.5 Å². The Balaban J connectivity index is 1.73. The fourth-order valence-electron chi connectivity index (χ4n) is 7.18. The van der Waals surface area contributed by atoms with Crippen LogP contribution in [0.5, 0.6) is 0 Å². The molecule has 0 aromatic carbocycles. The third kappa shape index (κ3) is 3.04. The van der Waals surface area contributed by atoms with Crippen molar-refractivity contribution in [2.75, 3.05) is 6.61 Å². The topological polar surface area (TPSA) is 80.7 Å². The number of ketones is 2. The number of halogens is 1. The highest BCUT2D eigenvalue weighted by molar-refractivity contribution is 6.32. The number of rotatable bonds is 3. The molecule has 30 heavy (non-hydrogen) atoms. The van der Waals surface area contributed by atoms with Gasteiger partial charge in [-0.3, -0.25) is 14.4 Å². The van der Waals surface area contributed by atoms with Crippen LogP contribution in [-0.4, -0.2) is 35.4 Å². The average Bonchev–Trinajstić information content (AvgIpc) is 2.91. The van der Waals surface area contributed by atoms with Gasteiger partial charge < -0.3 is 9.84 Å². The molecule has 5 nitrogen and oxygen atoms in total. The molecule has 4 aliphatic rings. The van der Waals surface area contributed by atoms with E-state index in [1.54, 1.807) is 12.2 Å². The Morgan fingerprint density at radius 1 is 1.33 bits per heavy atom. The Hall–Kier alpha value is -1.72. The van der Waals surface area contributed by atoms with Gasteiger partial charge in [0.1, 0.15) is 6.61 Å². The van der Waals surface area contributed by atoms with Crippen molar-refractivity contribution in [3.63, 3.8) is 0 Å². The molecule has 4 aliphatic carbocycles. The lowest BCUT2D eigenvalue weighted by molar-refractivity contribution is -0.151. The SMILES string of the molecule is CC(=O)OCC(=O)[C@H]1C(C)C[C@H]2[C@@H]3C=C(Cl)C4=CC(=O)C=C[C@]4(C)[C@H]3C(O)C[C@]12C. The van der Waals surface area contributed by atoms with Crippen LogP contribution in [0.2, 0.25) is 0 Å². The summed E-state index contributed by atoms with van der Waals surface area (Å²) >= 11 is 6.67. The highest BCUT2D eigenvalue weighted by Gasteiger charge is 2.64. The predicted octanol–water partition coefficient (Wildman–Crippen LogP) is 3.60. The molecule has 0 aromatic heterocycles. The van der Waals surface area contributed by atoms with Crippen molar-refractivity contribution in [3.8, 4) is 0 Å². The molecule has 6 heteroatoms. The summed E-state index contributed by atoms with van der Waals surface area (Å²) in [6, 6.07) is 0. The third-order valence-electron chi connectivity index (χ3n) is 8.21. The highest BCUT2D eigenvalue weighted by Crippen LogP contribution is 2.66. The van der Waals surface area contributed by atoms with Crippen LogP contribution in [0.25, 0.3) is 0 Å². The van der Waals surface area contributed by atoms with Crippen LogP contribution >= 0.6 is 11.6 Å². The van der Waals surface area contributed by atoms with Crippen LogP contribution in [0.1, 0.15) is 40.5 Å². The second-order valence-corrected chi connectivity index (χ2v) is 10.4. The lowest BCUT2D eigenvalue weighted by atomic mass is 9.48. The first-order valence-electron chi connectivity index (χ1n) is 10.7. The van der Waals surface area contributed by atoms with Gasteiger partial charge in [0.15, 0.2) is 11.6 Å². The van der Waals surface area contributed by atoms with Gasteiger partial charge in [-0.15, -0.1) is 0 Å². The number of carbonyl (C=O) groups excluding carboxylic acids is 3. The molecule has 2 saturated carbocycles. The van der Waals surface area contributed by atoms with Gasteiger partial charge in [-0.25, -0.2) is 0 Å². The first-order chi connectivity index (χ1) is 14.0. The minimum absolute atomic E-state index is 0.000211. The highest BCUT2D eigenvalue weighted by atomic mass is 35.5. The Bertz CT molecular complexity index is 901. The van der Waals surface area contributed by atoms with E-state index in [0.29, 0.717) is 11.5 Å². The fourth-order valence-corrected chi connectivity index (χ4v) is 7.58. The summed E-state index contributed by atoms with van der Waals surface area (Å²) in [5.41, 5.74) is -0.153. The van der Waals surface area contributed by atoms with Crippen molar-refractivity contribution in [3.05, 3.63) is 34.9 Å². The van der Waals surface area contributed by atoms with E-state index in [0.717, 1.165) is 12.0 Å². The monoisotopic (exact) mass is 432 g/mol. The summed E-state index contributed by atoms with van der Waals surface area (Å²) in [6.07, 6.45) is 7.75. The van der Waals surface area contributed by atoms with Crippen LogP contribution in [0.15, 0.2) is 34.9 Å². The van der Waals surface area contributed by atoms with Crippen LogP contribution < -0.4 is 0 Å². The van der Waals surface area contributed by atoms with Crippen LogP contribution in [0, 0.1) is 40.4 Å². The average molecular weight is 433 g/mol. The zero-order valence-corrected chi connectivity index (χ0v) is 18.6. The van der Waals surface area contributed by atoms with E-state index >= 15 is 0 Å². The normalized spacial score (nSPS) is 44.4. The molecule has 4 rings (SSSR count). The summed E-state index contributed by atoms with van der Waals surface area (Å²) < 4.78 is 5.00. The van der Waals surface area contributed by atoms with Gasteiger partial charge in [0.05, 0.1) is 6.10 Å². The van der Waals surface area contributed by atoms with Crippen molar-refractivity contribution in [1.29, 1.82) is 0 Å². The zero-order valence-electron chi connectivity index (χ0n) is 17.9. The Kier molecular flexibility index (Phi) is 5.14. The van der Waals surface area contributed by atoms with Crippen LogP contribution in [-0.2, 0) is 19.1 Å². The van der Waals surface area contributed by atoms with E-state index < -0.39 is 22.9 Å². The molecule has 1 N–H and O–H groups in total. The van der Waals surface area contributed by atoms with Crippen LogP contribution in [0.3, 0.4) is 0 Å². The third-order valence-corrected chi connectivity index (χ3v) is 8.54. The second kappa shape index (κ2) is 7.16. The summed E-state index contributed by atoms with van der Waals surface area (Å²) in [4.78, 5) is 36.2. The van der Waals surface area contributed by atoms with Crippen molar-refractivity contribution in [2.24, 2.45) is 40.4 Å². The molecular weight excluding hydrogens is 404 g/mol. The van der Waals surface area contributed by atoms with Crippen molar-refractivity contribution >= 4 is 29.1 Å². The molecule has 0 spiro atoms. The van der Waals surface area contributed by atoms with E-state index in [1.165, 1.54) is 6.92 Å². The van der Waals surface area contributed by atoms with Gasteiger partial charge in [-0.05, 0) is 53.7 Å². The smallest absolute Gasteiger partial charge is 0.303 e. The lowest BCUT2D eigenvalue weighted by Crippen LogP contribution is -2.55. The maximum absolute atomic E-state index is 13.0. The fraction of sp³-hybridized carbons (Fsp3) is 0.625. The molecule has 0 aromatic rings. The standard InChI is InChI=1S/C24H29ClO5/c1-12-7-16-15-9-18(25)17-8-14(27)5-6-23(17,3)22(15)19(28)10-24(16,4)21(12)20(29)11-30-13(2)26/h5-6,8-9,12,15-16,19,21-22,28H,7,10-11H2,1-4H3/t12?,15-,16-,19?,21+,22+,23-,24-/m0/s1. The maximum Gasteiger partial charge on any atom is 0.303 e. The Morgan fingerprint density at radius 2 is 2.03 bits per heavy atom. The van der Waals surface area contributed by atoms with Crippen molar-refractivity contribution in [1.82, 2.24) is 0 Å². The van der Waals surface area contributed by atoms with Gasteiger partial charge >= 0.3 is 5.97 Å². The molecule has 0 radical (unpaired) electrons. The first kappa shape index (κ1) is 21.5. The molecule has 0 saturated heterocycles. The molecule has 0 aliphatic heterocycles. The molecule has 8 atom stereocenters. The van der Waals surface area contributed by atoms with Gasteiger partial charge in [-0.2, -0.15) is 0 Å². The van der Waals surface area contributed by atoms with E-state index in [2.05, 4.69) is 13.8 Å². The molecule has 0 amide bonds. The number of aliphatic hydroxyl groups excluding tert-OH is 1. The number of ether oxygens (including phenoxy) is 1. The molecule has 2 unspecified atom stereocenters. The zero-order chi connectivity index (χ0) is 22.0. The van der Waals surface area contributed by atoms with Crippen LogP contribution in [0.4, 0.5) is 0 Å². The van der Waals surface area contributed by atoms with Gasteiger partial charge in [0, 0.05) is 29.2 Å². The number of esters is 1. The van der Waals surface area contributed by atoms with Crippen molar-refractivity contribution in [2.45, 2.75) is 46.6 Å². The summed E-state index contributed by atoms with van der Waals surface area (Å²) in [7, 11) is 0. The van der Waals surface area contributed by atoms with Crippen molar-refractivity contribution < 1.29 is 24.2 Å². The Labute approximate surface area is 182 Å². The molecule has 162 valence electrons. The van der Waals surface area contributed by atoms with E-state index in [1.807, 2.05) is 19.1 Å². The van der Waals surface area contributed by atoms with Gasteiger partial charge in [0.25, 0.3) is 0 Å². The lowest BCUT2D eigenvalue weighted by Gasteiger charge is -2.57. The quantitative estimate of drug-likeness (QED) is 0.689. The largest absolute Gasteiger partial charge is 0.458 e. The van der Waals surface area contributed by atoms with E-state index in [4.69, 9.17) is 16.3 Å². The number of aliphatic hydroxyl groups is 1. The Morgan fingerprint density at radius 3 is 2.70 bits per heavy atom. The number of allylic oxidation sites excluding steroid dienone is 6. The molecule has 0 heterocycles. The second-order valence-electron chi connectivity index (χ2n) is 10.0. The van der Waals surface area contributed by atoms with E-state index in [9.17, 15) is 19.5 Å². The first-order valence-corrected chi connectivity index (χ1v) is 11.0. The predicted molar refractivity (Wildman–Crippen MR) is 112 cm³/mol. The molecule has 2 fully saturated rings. The minimum atomic E-state index is -0.641. The molecular formula is C24H29ClO5. The number of hydrogen-bond donors (Lipinski definition) is 1. The summed E-state index contributed by atoms with van der Waals surface area (Å²) in [5.74, 6) is -0.726. The minimum Gasteiger partial charge on any atom is -0.458 e. The maximum atomic E-state index is 13.0. The number of Topliss-reactive ketones (excluding diaryl/α,β-unsaturated/α-hetero) is 1. The number of carbonyl (C=O) groups is 3. The number of fused-ring (bicyclic) bond motifs is 5. The molecule has 0 bridgehead atoms. The summed E-state index contributed by atoms with van der Waals surface area (Å²) in [6.45, 7) is 7.29. The van der Waals surface area contributed by atoms with Gasteiger partial charge in [0.2, 0.25) is 0 Å². The van der Waals surface area contributed by atoms with E-state index in [-0.39, 0.29) is 47.8 Å². The number of hydrogen-bond acceptors (Lipinski definition) is 5. The summed E-state index contributed by atoms with van der Waals surface area (Å²) in [5, 5.41) is 11.9.